The zero-order chi connectivity index (χ0) is 21.9. The molecule has 156 valence electrons. The maximum atomic E-state index is 10.3. The minimum atomic E-state index is -0.187. The van der Waals surface area contributed by atoms with Crippen LogP contribution in [-0.4, -0.2) is 11.6 Å². The average molecular weight is 432 g/mol. The van der Waals surface area contributed by atoms with Crippen molar-refractivity contribution in [3.05, 3.63) is 84.3 Å². The molecule has 0 spiro atoms. The van der Waals surface area contributed by atoms with Gasteiger partial charge in [0, 0.05) is 21.7 Å². The summed E-state index contributed by atoms with van der Waals surface area (Å²) in [5, 5.41) is 40.5. The standard InChI is InChI=1S/2C6H6O.2C5H8O2.Ti/c2*7-6-4-2-1-3-5-6;2*1-4(6)3-5(2)7;/h2*1-5,7H;2*3,6H,1-2H3;/p-4/b;;2*4-3-;. The van der Waals surface area contributed by atoms with Crippen LogP contribution >= 0.6 is 0 Å². The van der Waals surface area contributed by atoms with Crippen LogP contribution < -0.4 is 20.4 Å². The van der Waals surface area contributed by atoms with Crippen molar-refractivity contribution in [1.29, 1.82) is 0 Å². The van der Waals surface area contributed by atoms with Gasteiger partial charge < -0.3 is 20.4 Å². The second kappa shape index (κ2) is 19.9. The van der Waals surface area contributed by atoms with Crippen LogP contribution in [0, 0.1) is 0 Å². The second-order valence-corrected chi connectivity index (χ2v) is 5.36. The van der Waals surface area contributed by atoms with Crippen molar-refractivity contribution in [3.63, 3.8) is 0 Å². The van der Waals surface area contributed by atoms with Gasteiger partial charge in [-0.25, -0.2) is 0 Å². The van der Waals surface area contributed by atoms with Crippen molar-refractivity contribution in [2.24, 2.45) is 0 Å². The summed E-state index contributed by atoms with van der Waals surface area (Å²) in [7, 11) is 0. The first-order valence-electron chi connectivity index (χ1n) is 8.20. The van der Waals surface area contributed by atoms with Crippen molar-refractivity contribution in [2.75, 3.05) is 0 Å². The molecule has 2 aromatic carbocycles. The van der Waals surface area contributed by atoms with Gasteiger partial charge in [0.15, 0.2) is 11.6 Å². The Kier molecular flexibility index (Phi) is 21.2. The van der Waals surface area contributed by atoms with E-state index in [2.05, 4.69) is 0 Å². The molecule has 2 rings (SSSR count). The van der Waals surface area contributed by atoms with Crippen molar-refractivity contribution >= 4 is 11.6 Å². The molecule has 6 nitrogen and oxygen atoms in total. The molecule has 0 saturated heterocycles. The van der Waals surface area contributed by atoms with Gasteiger partial charge >= 0.3 is 0 Å². The molecule has 7 heteroatoms. The van der Waals surface area contributed by atoms with Crippen LogP contribution in [-0.2, 0) is 31.3 Å². The normalized spacial score (nSPS) is 9.66. The van der Waals surface area contributed by atoms with Crippen LogP contribution in [0.4, 0.5) is 0 Å². The van der Waals surface area contributed by atoms with E-state index in [1.807, 2.05) is 12.1 Å². The maximum absolute atomic E-state index is 10.3. The van der Waals surface area contributed by atoms with Gasteiger partial charge in [0.1, 0.15) is 0 Å². The molecule has 0 radical (unpaired) electrons. The van der Waals surface area contributed by atoms with E-state index in [0.717, 1.165) is 12.2 Å². The molecule has 0 heterocycles. The number of allylic oxidation sites excluding steroid dienone is 4. The van der Waals surface area contributed by atoms with Crippen molar-refractivity contribution in [1.82, 2.24) is 0 Å². The number of para-hydroxylation sites is 2. The fourth-order valence-corrected chi connectivity index (χ4v) is 1.41. The van der Waals surface area contributed by atoms with E-state index in [1.165, 1.54) is 52.0 Å². The van der Waals surface area contributed by atoms with Gasteiger partial charge in [-0.05, 0) is 26.0 Å². The van der Waals surface area contributed by atoms with Gasteiger partial charge in [0.05, 0.1) is 0 Å². The predicted molar refractivity (Wildman–Crippen MR) is 101 cm³/mol. The Morgan fingerprint density at radius 3 is 0.931 bits per heavy atom. The molecule has 0 aliphatic rings. The van der Waals surface area contributed by atoms with Gasteiger partial charge in [-0.2, -0.15) is 0 Å². The fraction of sp³-hybridized carbons (Fsp3) is 0.182. The van der Waals surface area contributed by atoms with Gasteiger partial charge in [-0.15, -0.1) is 23.0 Å². The smallest absolute Gasteiger partial charge is 0.151 e. The van der Waals surface area contributed by atoms with E-state index < -0.39 is 0 Å². The zero-order valence-corrected chi connectivity index (χ0v) is 18.4. The molecule has 0 unspecified atom stereocenters. The Bertz CT molecular complexity index is 667. The van der Waals surface area contributed by atoms with Gasteiger partial charge in [-0.3, -0.25) is 9.59 Å². The first-order valence-corrected chi connectivity index (χ1v) is 8.20. The minimum absolute atomic E-state index is 0. The molecule has 0 aromatic heterocycles. The summed E-state index contributed by atoms with van der Waals surface area (Å²) in [6, 6.07) is 16.7. The molecule has 0 N–H and O–H groups in total. The Labute approximate surface area is 186 Å². The molecular weight excluding hydrogens is 408 g/mol. The minimum Gasteiger partial charge on any atom is -0.876 e. The Hall–Kier alpha value is -2.83. The molecule has 29 heavy (non-hydrogen) atoms. The summed E-state index contributed by atoms with van der Waals surface area (Å²) >= 11 is 0. The fourth-order valence-electron chi connectivity index (χ4n) is 1.41. The van der Waals surface area contributed by atoms with Crippen LogP contribution in [0.25, 0.3) is 0 Å². The molecular formula is C22H24O6Ti-4. The molecule has 0 bridgehead atoms. The Balaban J connectivity index is -0.000000307. The van der Waals surface area contributed by atoms with Gasteiger partial charge in [0.2, 0.25) is 0 Å². The average Bonchev–Trinajstić information content (AvgIpc) is 2.55. The SMILES string of the molecule is CC(=O)/C=C(/C)[O-].CC(=O)/C=C(/C)[O-].[O-]c1ccccc1.[O-]c1ccccc1.[Ti]. The second-order valence-electron chi connectivity index (χ2n) is 5.36. The van der Waals surface area contributed by atoms with E-state index in [0.29, 0.717) is 0 Å². The predicted octanol–water partition coefficient (Wildman–Crippen LogP) is 1.20. The Morgan fingerprint density at radius 1 is 0.621 bits per heavy atom. The number of rotatable bonds is 2. The Morgan fingerprint density at radius 2 is 0.862 bits per heavy atom. The van der Waals surface area contributed by atoms with Crippen molar-refractivity contribution in [2.45, 2.75) is 27.7 Å². The number of hydrogen-bond donors (Lipinski definition) is 0. The van der Waals surface area contributed by atoms with E-state index in [9.17, 15) is 30.0 Å². The zero-order valence-electron chi connectivity index (χ0n) is 16.9. The van der Waals surface area contributed by atoms with Gasteiger partial charge in [0.25, 0.3) is 0 Å². The largest absolute Gasteiger partial charge is 0.876 e. The number of carbonyl (C=O) groups is 2. The molecule has 2 aromatic rings. The third-order valence-electron chi connectivity index (χ3n) is 2.30. The third-order valence-corrected chi connectivity index (χ3v) is 2.30. The topological polar surface area (TPSA) is 126 Å². The summed E-state index contributed by atoms with van der Waals surface area (Å²) < 4.78 is 0. The molecule has 0 aliphatic heterocycles. The molecule has 0 atom stereocenters. The van der Waals surface area contributed by atoms with Crippen LogP contribution in [0.15, 0.2) is 84.3 Å². The van der Waals surface area contributed by atoms with Crippen LogP contribution in [0.1, 0.15) is 27.7 Å². The summed E-state index contributed by atoms with van der Waals surface area (Å²) in [4.78, 5) is 20.0. The maximum Gasteiger partial charge on any atom is 0.151 e. The van der Waals surface area contributed by atoms with E-state index >= 15 is 0 Å². The summed E-state index contributed by atoms with van der Waals surface area (Å²) in [6.07, 6.45) is 2.11. The molecule has 0 aliphatic carbocycles. The van der Waals surface area contributed by atoms with Crippen molar-refractivity contribution in [3.8, 4) is 11.5 Å². The van der Waals surface area contributed by atoms with Crippen LogP contribution in [0.5, 0.6) is 11.5 Å². The van der Waals surface area contributed by atoms with E-state index in [4.69, 9.17) is 0 Å². The molecule has 0 fully saturated rings. The van der Waals surface area contributed by atoms with Crippen LogP contribution in [0.2, 0.25) is 0 Å². The number of ketones is 2. The third kappa shape index (κ3) is 30.2. The summed E-state index contributed by atoms with van der Waals surface area (Å²) in [5.74, 6) is -0.606. The van der Waals surface area contributed by atoms with E-state index in [-0.39, 0.29) is 56.3 Å². The summed E-state index contributed by atoms with van der Waals surface area (Å²) in [6.45, 7) is 5.39. The van der Waals surface area contributed by atoms with Crippen molar-refractivity contribution < 1.29 is 51.7 Å². The van der Waals surface area contributed by atoms with Gasteiger partial charge in [-0.1, -0.05) is 74.5 Å². The monoisotopic (exact) mass is 432 g/mol. The summed E-state index contributed by atoms with van der Waals surface area (Å²) in [5.41, 5.74) is 0. The molecule has 0 saturated carbocycles. The number of carbonyl (C=O) groups excluding carboxylic acids is 2. The first-order chi connectivity index (χ1) is 13.0. The van der Waals surface area contributed by atoms with E-state index in [1.54, 1.807) is 24.3 Å². The number of hydrogen-bond acceptors (Lipinski definition) is 6. The first kappa shape index (κ1) is 30.9. The molecule has 0 amide bonds. The quantitative estimate of drug-likeness (QED) is 0.399. The number of benzene rings is 2. The van der Waals surface area contributed by atoms with Crippen LogP contribution in [0.3, 0.4) is 0 Å².